The minimum Gasteiger partial charge on any atom is -0.378 e. The lowest BCUT2D eigenvalue weighted by molar-refractivity contribution is -0.136. The number of rotatable bonds is 4. The molecule has 0 aliphatic carbocycles. The fourth-order valence-electron chi connectivity index (χ4n) is 4.76. The lowest BCUT2D eigenvalue weighted by Crippen LogP contribution is -2.42. The molecule has 1 aromatic carbocycles. The van der Waals surface area contributed by atoms with Crippen molar-refractivity contribution in [2.45, 2.75) is 25.2 Å². The summed E-state index contributed by atoms with van der Waals surface area (Å²) in [5, 5.41) is 13.2. The summed E-state index contributed by atoms with van der Waals surface area (Å²) in [6.45, 7) is 4.39. The minimum atomic E-state index is -0.365. The second kappa shape index (κ2) is 9.19. The maximum Gasteiger partial charge on any atom is 0.266 e. The van der Waals surface area contributed by atoms with Crippen LogP contribution >= 0.6 is 0 Å². The molecule has 4 heterocycles. The highest BCUT2D eigenvalue weighted by atomic mass is 16.5. The quantitative estimate of drug-likeness (QED) is 0.689. The van der Waals surface area contributed by atoms with Crippen LogP contribution in [0.15, 0.2) is 28.8 Å². The SMILES string of the molecule is N#Cc1cccc(N2CC(C(=O)N3CCC(c4nc(N5CCOCC5)no4)CC3)CC2=O)c1. The normalized spacial score (nSPS) is 22.0. The van der Waals surface area contributed by atoms with Crippen LogP contribution in [0.1, 0.15) is 36.6 Å². The molecule has 0 bridgehead atoms. The zero-order chi connectivity index (χ0) is 22.8. The van der Waals surface area contributed by atoms with Gasteiger partial charge in [0.1, 0.15) is 0 Å². The van der Waals surface area contributed by atoms with Crippen LogP contribution in [0.5, 0.6) is 0 Å². The van der Waals surface area contributed by atoms with Gasteiger partial charge in [0.25, 0.3) is 5.95 Å². The van der Waals surface area contributed by atoms with Crippen molar-refractivity contribution in [3.05, 3.63) is 35.7 Å². The number of hydrogen-bond donors (Lipinski definition) is 0. The standard InChI is InChI=1S/C23H26N6O4/c24-14-16-2-1-3-19(12-16)29-15-18(13-20(29)30)22(31)27-6-4-17(5-7-27)21-25-23(26-33-21)28-8-10-32-11-9-28/h1-3,12,17-18H,4-11,13,15H2. The van der Waals surface area contributed by atoms with Gasteiger partial charge in [0.05, 0.1) is 30.8 Å². The van der Waals surface area contributed by atoms with Gasteiger partial charge in [-0.2, -0.15) is 10.2 Å². The minimum absolute atomic E-state index is 0.0141. The average molecular weight is 450 g/mol. The van der Waals surface area contributed by atoms with Crippen molar-refractivity contribution in [2.75, 3.05) is 55.7 Å². The molecule has 2 aromatic rings. The predicted octanol–water partition coefficient (Wildman–Crippen LogP) is 1.54. The van der Waals surface area contributed by atoms with E-state index in [1.165, 1.54) is 0 Å². The van der Waals surface area contributed by atoms with E-state index < -0.39 is 0 Å². The van der Waals surface area contributed by atoms with Crippen LogP contribution in [-0.4, -0.2) is 72.8 Å². The lowest BCUT2D eigenvalue weighted by atomic mass is 9.95. The van der Waals surface area contributed by atoms with Gasteiger partial charge >= 0.3 is 0 Å². The molecule has 33 heavy (non-hydrogen) atoms. The smallest absolute Gasteiger partial charge is 0.266 e. The third-order valence-electron chi connectivity index (χ3n) is 6.64. The van der Waals surface area contributed by atoms with E-state index >= 15 is 0 Å². The third-order valence-corrected chi connectivity index (χ3v) is 6.64. The van der Waals surface area contributed by atoms with E-state index in [-0.39, 0.29) is 30.1 Å². The first-order chi connectivity index (χ1) is 16.1. The molecule has 1 unspecified atom stereocenters. The Kier molecular flexibility index (Phi) is 5.96. The highest BCUT2D eigenvalue weighted by molar-refractivity contribution is 6.00. The molecule has 172 valence electrons. The van der Waals surface area contributed by atoms with Gasteiger partial charge in [0, 0.05) is 50.7 Å². The Bertz CT molecular complexity index is 1060. The molecule has 10 heteroatoms. The molecular weight excluding hydrogens is 424 g/mol. The molecule has 10 nitrogen and oxygen atoms in total. The van der Waals surface area contributed by atoms with Crippen molar-refractivity contribution in [1.29, 1.82) is 5.26 Å². The van der Waals surface area contributed by atoms with Crippen LogP contribution in [-0.2, 0) is 14.3 Å². The second-order valence-electron chi connectivity index (χ2n) is 8.70. The molecule has 3 aliphatic heterocycles. The molecule has 1 atom stereocenters. The van der Waals surface area contributed by atoms with Gasteiger partial charge in [-0.25, -0.2) is 0 Å². The maximum atomic E-state index is 13.1. The number of benzene rings is 1. The Morgan fingerprint density at radius 2 is 1.94 bits per heavy atom. The molecule has 3 fully saturated rings. The topological polar surface area (TPSA) is 116 Å². The summed E-state index contributed by atoms with van der Waals surface area (Å²) in [7, 11) is 0. The van der Waals surface area contributed by atoms with Crippen molar-refractivity contribution >= 4 is 23.5 Å². The number of aromatic nitrogens is 2. The van der Waals surface area contributed by atoms with Gasteiger partial charge in [-0.1, -0.05) is 6.07 Å². The van der Waals surface area contributed by atoms with Crippen molar-refractivity contribution in [3.63, 3.8) is 0 Å². The first-order valence-corrected chi connectivity index (χ1v) is 11.4. The number of likely N-dealkylation sites (tertiary alicyclic amines) is 1. The van der Waals surface area contributed by atoms with Gasteiger partial charge in [0.15, 0.2) is 0 Å². The average Bonchev–Trinajstić information content (AvgIpc) is 3.52. The summed E-state index contributed by atoms with van der Waals surface area (Å²) in [4.78, 5) is 35.8. The summed E-state index contributed by atoms with van der Waals surface area (Å²) in [6, 6.07) is 9.03. The van der Waals surface area contributed by atoms with E-state index in [0.29, 0.717) is 55.9 Å². The van der Waals surface area contributed by atoms with Crippen molar-refractivity contribution < 1.29 is 18.8 Å². The molecule has 0 saturated carbocycles. The molecule has 3 aliphatic rings. The van der Waals surface area contributed by atoms with E-state index in [4.69, 9.17) is 14.5 Å². The van der Waals surface area contributed by atoms with Crippen molar-refractivity contribution in [3.8, 4) is 6.07 Å². The maximum absolute atomic E-state index is 13.1. The number of ether oxygens (including phenoxy) is 1. The number of morpholine rings is 1. The van der Waals surface area contributed by atoms with E-state index in [1.807, 2.05) is 4.90 Å². The number of nitrogens with zero attached hydrogens (tertiary/aromatic N) is 6. The molecule has 1 aromatic heterocycles. The number of anilines is 2. The molecule has 3 saturated heterocycles. The molecule has 2 amide bonds. The van der Waals surface area contributed by atoms with E-state index in [9.17, 15) is 9.59 Å². The van der Waals surface area contributed by atoms with Crippen LogP contribution in [0.3, 0.4) is 0 Å². The summed E-state index contributed by atoms with van der Waals surface area (Å²) in [6.07, 6.45) is 1.71. The number of amides is 2. The lowest BCUT2D eigenvalue weighted by Gasteiger charge is -2.32. The Hall–Kier alpha value is -3.45. The van der Waals surface area contributed by atoms with Gasteiger partial charge in [-0.15, -0.1) is 0 Å². The molecule has 5 rings (SSSR count). The largest absolute Gasteiger partial charge is 0.378 e. The Balaban J connectivity index is 1.17. The van der Waals surface area contributed by atoms with Gasteiger partial charge < -0.3 is 24.0 Å². The van der Waals surface area contributed by atoms with Crippen LogP contribution in [0.4, 0.5) is 11.6 Å². The van der Waals surface area contributed by atoms with Gasteiger partial charge in [0.2, 0.25) is 17.7 Å². The van der Waals surface area contributed by atoms with Crippen LogP contribution in [0.25, 0.3) is 0 Å². The first kappa shape index (κ1) is 21.4. The number of carbonyl (C=O) groups excluding carboxylic acids is 2. The highest BCUT2D eigenvalue weighted by Crippen LogP contribution is 2.31. The van der Waals surface area contributed by atoms with E-state index in [2.05, 4.69) is 21.1 Å². The Labute approximate surface area is 191 Å². The van der Waals surface area contributed by atoms with Crippen LogP contribution in [0.2, 0.25) is 0 Å². The monoisotopic (exact) mass is 450 g/mol. The first-order valence-electron chi connectivity index (χ1n) is 11.4. The van der Waals surface area contributed by atoms with Gasteiger partial charge in [-0.3, -0.25) is 9.59 Å². The van der Waals surface area contributed by atoms with Crippen molar-refractivity contribution in [2.24, 2.45) is 5.92 Å². The Morgan fingerprint density at radius 3 is 2.70 bits per heavy atom. The zero-order valence-corrected chi connectivity index (χ0v) is 18.4. The predicted molar refractivity (Wildman–Crippen MR) is 118 cm³/mol. The summed E-state index contributed by atoms with van der Waals surface area (Å²) in [5.74, 6) is 0.933. The number of hydrogen-bond acceptors (Lipinski definition) is 8. The third kappa shape index (κ3) is 4.41. The summed E-state index contributed by atoms with van der Waals surface area (Å²) >= 11 is 0. The Morgan fingerprint density at radius 1 is 1.15 bits per heavy atom. The van der Waals surface area contributed by atoms with Crippen molar-refractivity contribution in [1.82, 2.24) is 15.0 Å². The fourth-order valence-corrected chi connectivity index (χ4v) is 4.76. The fraction of sp³-hybridized carbons (Fsp3) is 0.522. The molecule has 0 spiro atoms. The van der Waals surface area contributed by atoms with E-state index in [1.54, 1.807) is 29.2 Å². The van der Waals surface area contributed by atoms with Crippen LogP contribution in [0, 0.1) is 17.2 Å². The zero-order valence-electron chi connectivity index (χ0n) is 18.4. The number of piperidine rings is 1. The number of carbonyl (C=O) groups is 2. The number of nitriles is 1. The van der Waals surface area contributed by atoms with E-state index in [0.717, 1.165) is 25.9 Å². The second-order valence-corrected chi connectivity index (χ2v) is 8.70. The summed E-state index contributed by atoms with van der Waals surface area (Å²) in [5.41, 5.74) is 1.16. The van der Waals surface area contributed by atoms with Gasteiger partial charge in [-0.05, 0) is 36.2 Å². The van der Waals surface area contributed by atoms with Crippen LogP contribution < -0.4 is 9.80 Å². The highest BCUT2D eigenvalue weighted by Gasteiger charge is 2.38. The molecule has 0 N–H and O–H groups in total. The molecular formula is C23H26N6O4. The molecule has 0 radical (unpaired) electrons. The summed E-state index contributed by atoms with van der Waals surface area (Å²) < 4.78 is 10.9.